The highest BCUT2D eigenvalue weighted by Crippen LogP contribution is 2.20. The molecular weight excluding hydrogens is 230 g/mol. The van der Waals surface area contributed by atoms with Crippen molar-refractivity contribution in [2.75, 3.05) is 33.2 Å². The molecule has 2 aliphatic rings. The molecule has 0 aromatic carbocycles. The second-order valence-corrected chi connectivity index (χ2v) is 6.11. The third-order valence-electron chi connectivity index (χ3n) is 3.92. The number of nitrogens with zero attached hydrogens (tertiary/aromatic N) is 2. The van der Waals surface area contributed by atoms with E-state index in [1.54, 1.807) is 18.7 Å². The SMILES string of the molecule is CN1CCC(CN2CC(=O)NC(C)(C)C2=O)CC1. The van der Waals surface area contributed by atoms with Crippen LogP contribution >= 0.6 is 0 Å². The van der Waals surface area contributed by atoms with Gasteiger partial charge in [-0.25, -0.2) is 0 Å². The van der Waals surface area contributed by atoms with Gasteiger partial charge in [0.1, 0.15) is 5.54 Å². The predicted molar refractivity (Wildman–Crippen MR) is 69.0 cm³/mol. The van der Waals surface area contributed by atoms with Crippen molar-refractivity contribution in [1.82, 2.24) is 15.1 Å². The first-order valence-electron chi connectivity index (χ1n) is 6.67. The Hall–Kier alpha value is -1.10. The lowest BCUT2D eigenvalue weighted by molar-refractivity contribution is -0.149. The van der Waals surface area contributed by atoms with Gasteiger partial charge in [0.05, 0.1) is 6.54 Å². The van der Waals surface area contributed by atoms with E-state index >= 15 is 0 Å². The van der Waals surface area contributed by atoms with Gasteiger partial charge in [0, 0.05) is 6.54 Å². The molecule has 2 saturated heterocycles. The minimum Gasteiger partial charge on any atom is -0.341 e. The smallest absolute Gasteiger partial charge is 0.248 e. The van der Waals surface area contributed by atoms with E-state index in [4.69, 9.17) is 0 Å². The lowest BCUT2D eigenvalue weighted by Crippen LogP contribution is -2.64. The zero-order valence-corrected chi connectivity index (χ0v) is 11.5. The summed E-state index contributed by atoms with van der Waals surface area (Å²) in [6, 6.07) is 0. The summed E-state index contributed by atoms with van der Waals surface area (Å²) in [6.45, 7) is 6.66. The third kappa shape index (κ3) is 2.83. The summed E-state index contributed by atoms with van der Waals surface area (Å²) in [4.78, 5) is 27.9. The van der Waals surface area contributed by atoms with Crippen LogP contribution in [0.4, 0.5) is 0 Å². The van der Waals surface area contributed by atoms with Gasteiger partial charge in [0.15, 0.2) is 0 Å². The lowest BCUT2D eigenvalue weighted by atomic mass is 9.94. The van der Waals surface area contributed by atoms with Gasteiger partial charge in [-0.15, -0.1) is 0 Å². The topological polar surface area (TPSA) is 52.6 Å². The quantitative estimate of drug-likeness (QED) is 0.757. The molecular formula is C13H23N3O2. The number of carbonyl (C=O) groups is 2. The summed E-state index contributed by atoms with van der Waals surface area (Å²) in [5, 5.41) is 2.74. The molecule has 18 heavy (non-hydrogen) atoms. The Balaban J connectivity index is 1.95. The molecule has 2 rings (SSSR count). The van der Waals surface area contributed by atoms with Gasteiger partial charge in [0.25, 0.3) is 0 Å². The Kier molecular flexibility index (Phi) is 3.61. The number of piperazine rings is 1. The van der Waals surface area contributed by atoms with Crippen LogP contribution in [0.1, 0.15) is 26.7 Å². The fourth-order valence-corrected chi connectivity index (χ4v) is 2.79. The molecule has 2 aliphatic heterocycles. The molecule has 102 valence electrons. The van der Waals surface area contributed by atoms with Crippen LogP contribution in [0.15, 0.2) is 0 Å². The minimum absolute atomic E-state index is 0.0426. The van der Waals surface area contributed by atoms with E-state index in [0.717, 1.165) is 32.5 Å². The van der Waals surface area contributed by atoms with Crippen LogP contribution in [0.3, 0.4) is 0 Å². The molecule has 2 heterocycles. The van der Waals surface area contributed by atoms with E-state index in [9.17, 15) is 9.59 Å². The highest BCUT2D eigenvalue weighted by atomic mass is 16.2. The Labute approximate surface area is 108 Å². The van der Waals surface area contributed by atoms with Gasteiger partial charge in [0.2, 0.25) is 11.8 Å². The molecule has 0 aromatic heterocycles. The number of hydrogen-bond acceptors (Lipinski definition) is 3. The highest BCUT2D eigenvalue weighted by molar-refractivity contribution is 5.97. The van der Waals surface area contributed by atoms with Crippen molar-refractivity contribution in [2.45, 2.75) is 32.2 Å². The molecule has 0 bridgehead atoms. The minimum atomic E-state index is -0.749. The molecule has 2 fully saturated rings. The van der Waals surface area contributed by atoms with Crippen LogP contribution in [0, 0.1) is 5.92 Å². The average molecular weight is 253 g/mol. The molecule has 0 aliphatic carbocycles. The number of hydrogen-bond donors (Lipinski definition) is 1. The van der Waals surface area contributed by atoms with Crippen molar-refractivity contribution in [3.05, 3.63) is 0 Å². The maximum absolute atomic E-state index is 12.2. The first-order chi connectivity index (χ1) is 8.38. The van der Waals surface area contributed by atoms with E-state index in [1.165, 1.54) is 0 Å². The number of nitrogens with one attached hydrogen (secondary N) is 1. The van der Waals surface area contributed by atoms with E-state index in [1.807, 2.05) is 0 Å². The zero-order valence-electron chi connectivity index (χ0n) is 11.5. The van der Waals surface area contributed by atoms with Gasteiger partial charge in [-0.2, -0.15) is 0 Å². The first-order valence-corrected chi connectivity index (χ1v) is 6.67. The molecule has 0 spiro atoms. The number of amides is 2. The Morgan fingerprint density at radius 1 is 1.28 bits per heavy atom. The van der Waals surface area contributed by atoms with Crippen LogP contribution < -0.4 is 5.32 Å². The summed E-state index contributed by atoms with van der Waals surface area (Å²) < 4.78 is 0. The molecule has 5 nitrogen and oxygen atoms in total. The molecule has 0 atom stereocenters. The normalized spacial score (nSPS) is 26.3. The van der Waals surface area contributed by atoms with Crippen molar-refractivity contribution in [3.8, 4) is 0 Å². The van der Waals surface area contributed by atoms with E-state index in [0.29, 0.717) is 5.92 Å². The second kappa shape index (κ2) is 4.88. The second-order valence-electron chi connectivity index (χ2n) is 6.11. The van der Waals surface area contributed by atoms with E-state index in [2.05, 4.69) is 17.3 Å². The predicted octanol–water partition coefficient (Wildman–Crippen LogP) is 0.0652. The number of carbonyl (C=O) groups excluding carboxylic acids is 2. The van der Waals surface area contributed by atoms with Crippen LogP contribution in [0.25, 0.3) is 0 Å². The van der Waals surface area contributed by atoms with Gasteiger partial charge < -0.3 is 15.1 Å². The van der Waals surface area contributed by atoms with Crippen LogP contribution in [0.2, 0.25) is 0 Å². The molecule has 0 saturated carbocycles. The fourth-order valence-electron chi connectivity index (χ4n) is 2.79. The standard InChI is InChI=1S/C13H23N3O2/c1-13(2)12(18)16(9-11(17)14-13)8-10-4-6-15(3)7-5-10/h10H,4-9H2,1-3H3,(H,14,17). The van der Waals surface area contributed by atoms with Crippen LogP contribution in [-0.4, -0.2) is 60.4 Å². The molecule has 0 unspecified atom stereocenters. The van der Waals surface area contributed by atoms with Crippen LogP contribution in [0.5, 0.6) is 0 Å². The first kappa shape index (κ1) is 13.3. The Morgan fingerprint density at radius 3 is 2.50 bits per heavy atom. The number of likely N-dealkylation sites (tertiary alicyclic amines) is 1. The Morgan fingerprint density at radius 2 is 1.89 bits per heavy atom. The number of piperidine rings is 1. The maximum atomic E-state index is 12.2. The van der Waals surface area contributed by atoms with Gasteiger partial charge in [-0.1, -0.05) is 0 Å². The van der Waals surface area contributed by atoms with Crippen molar-refractivity contribution < 1.29 is 9.59 Å². The molecule has 1 N–H and O–H groups in total. The van der Waals surface area contributed by atoms with Crippen molar-refractivity contribution in [3.63, 3.8) is 0 Å². The van der Waals surface area contributed by atoms with E-state index in [-0.39, 0.29) is 18.4 Å². The summed E-state index contributed by atoms with van der Waals surface area (Å²) >= 11 is 0. The largest absolute Gasteiger partial charge is 0.341 e. The summed E-state index contributed by atoms with van der Waals surface area (Å²) in [5.74, 6) is 0.528. The highest BCUT2D eigenvalue weighted by Gasteiger charge is 2.39. The summed E-state index contributed by atoms with van der Waals surface area (Å²) in [7, 11) is 2.12. The molecule has 5 heteroatoms. The van der Waals surface area contributed by atoms with Gasteiger partial charge in [-0.3, -0.25) is 9.59 Å². The van der Waals surface area contributed by atoms with Crippen molar-refractivity contribution in [1.29, 1.82) is 0 Å². The van der Waals surface area contributed by atoms with Gasteiger partial charge >= 0.3 is 0 Å². The molecule has 0 aromatic rings. The van der Waals surface area contributed by atoms with Crippen LogP contribution in [-0.2, 0) is 9.59 Å². The maximum Gasteiger partial charge on any atom is 0.248 e. The van der Waals surface area contributed by atoms with Gasteiger partial charge in [-0.05, 0) is 52.7 Å². The fraction of sp³-hybridized carbons (Fsp3) is 0.846. The zero-order chi connectivity index (χ0) is 13.3. The summed E-state index contributed by atoms with van der Waals surface area (Å²) in [6.07, 6.45) is 2.23. The number of rotatable bonds is 2. The van der Waals surface area contributed by atoms with E-state index < -0.39 is 5.54 Å². The summed E-state index contributed by atoms with van der Waals surface area (Å²) in [5.41, 5.74) is -0.749. The third-order valence-corrected chi connectivity index (χ3v) is 3.92. The molecule has 2 amide bonds. The average Bonchev–Trinajstić information content (AvgIpc) is 2.28. The van der Waals surface area contributed by atoms with Crippen molar-refractivity contribution >= 4 is 11.8 Å². The Bertz CT molecular complexity index is 346. The van der Waals surface area contributed by atoms with Crippen molar-refractivity contribution in [2.24, 2.45) is 5.92 Å². The monoisotopic (exact) mass is 253 g/mol. The molecule has 0 radical (unpaired) electrons. The lowest BCUT2D eigenvalue weighted by Gasteiger charge is -2.40.